The maximum Gasteiger partial charge on any atom is 0.344 e. The standard InChI is InChI=1S/C82H58O52/c83-28-1-18(2-29(84)49(28)97)71(112)129-67-65-43(125-81(133-75(116)22-9-36(91)53(101)37(92)10-22)69(67)131-73(114)20-5-32(87)51(99)33(88)6-20)17-123-77(118)26-15-42(58(106)62(110)48(26)47-25(79(120)127-65)13-40(95)56(104)61(47)109)124-64-27(14-41(96)57(105)63(64)111)80(121)134-82-70(132-74(115)21-7-34(89)52(100)35(90)8-21)68(130-72(113)19-3-30(85)50(98)31(86)4-19)66-44(126-82)16-122-76(117)23-11-38(93)54(102)59(107)45(23)46-24(78(119)128-66)12-39(94)55(103)60(46)108/h1-15,43-44,65-70,81-111H,16-17H2/t43-,44-,65+,66-,67-,68-,69+,70+,81-,82-/m0/s1. The number of ether oxygens (including phenoxy) is 13. The zero-order valence-electron chi connectivity index (χ0n) is 65.7. The van der Waals surface area contributed by atoms with Crippen LogP contribution in [0.15, 0.2) is 91.0 Å². The Morgan fingerprint density at radius 1 is 0.246 bits per heavy atom. The normalized spacial score (nSPS) is 19.1. The Kier molecular flexibility index (Phi) is 23.2. The Balaban J connectivity index is 0.901. The second-order valence-electron chi connectivity index (χ2n) is 28.7. The molecule has 134 heavy (non-hydrogen) atoms. The summed E-state index contributed by atoms with van der Waals surface area (Å²) in [5, 5.41) is 315. The molecule has 0 aliphatic carbocycles. The van der Waals surface area contributed by atoms with Gasteiger partial charge in [0, 0.05) is 34.4 Å². The molecule has 0 bridgehead atoms. The number of phenols is 29. The van der Waals surface area contributed by atoms with Gasteiger partial charge in [-0.2, -0.15) is 0 Å². The van der Waals surface area contributed by atoms with E-state index in [0.717, 1.165) is 0 Å². The van der Waals surface area contributed by atoms with Gasteiger partial charge in [0.15, 0.2) is 168 Å². The molecule has 4 heterocycles. The predicted octanol–water partition coefficient (Wildman–Crippen LogP) is 3.73. The lowest BCUT2D eigenvalue weighted by Crippen LogP contribution is -2.63. The number of aromatic hydroxyl groups is 29. The van der Waals surface area contributed by atoms with E-state index in [2.05, 4.69) is 0 Å². The highest BCUT2D eigenvalue weighted by Crippen LogP contribution is 2.58. The minimum atomic E-state index is -3.13. The molecule has 29 N–H and O–H groups in total. The predicted molar refractivity (Wildman–Crippen MR) is 415 cm³/mol. The van der Waals surface area contributed by atoms with Crippen molar-refractivity contribution in [2.45, 2.75) is 61.4 Å². The summed E-state index contributed by atoms with van der Waals surface area (Å²) in [6, 6.07) is 4.94. The molecule has 52 nitrogen and oxygen atoms in total. The molecule has 0 amide bonds. The third-order valence-corrected chi connectivity index (χ3v) is 20.4. The second-order valence-corrected chi connectivity index (χ2v) is 28.7. The molecule has 52 heteroatoms. The zero-order chi connectivity index (χ0) is 97.7. The third-order valence-electron chi connectivity index (χ3n) is 20.4. The molecule has 10 aromatic rings. The molecule has 0 unspecified atom stereocenters. The van der Waals surface area contributed by atoms with Crippen LogP contribution in [0.5, 0.6) is 178 Å². The van der Waals surface area contributed by atoms with E-state index in [0.29, 0.717) is 66.7 Å². The first-order valence-electron chi connectivity index (χ1n) is 37.0. The van der Waals surface area contributed by atoms with Crippen LogP contribution in [0.3, 0.4) is 0 Å². The van der Waals surface area contributed by atoms with Crippen molar-refractivity contribution in [3.63, 3.8) is 0 Å². The van der Waals surface area contributed by atoms with Gasteiger partial charge in [0.1, 0.15) is 31.0 Å². The number of carbonyl (C=O) groups is 10. The largest absolute Gasteiger partial charge is 0.504 e. The molecule has 14 rings (SSSR count). The molecule has 4 aliphatic rings. The maximum absolute atomic E-state index is 15.5. The second kappa shape index (κ2) is 34.2. The average Bonchev–Trinajstić information content (AvgIpc) is 1.18. The minimum absolute atomic E-state index is 0.0750. The fraction of sp³-hybridized carbons (Fsp3) is 0.146. The van der Waals surface area contributed by atoms with Gasteiger partial charge in [-0.1, -0.05) is 0 Å². The van der Waals surface area contributed by atoms with Crippen LogP contribution in [-0.4, -0.2) is 282 Å². The molecule has 2 saturated heterocycles. The summed E-state index contributed by atoms with van der Waals surface area (Å²) < 4.78 is 74.3. The number of esters is 10. The molecule has 10 aromatic carbocycles. The average molecular weight is 1880 g/mol. The van der Waals surface area contributed by atoms with Gasteiger partial charge in [0.25, 0.3) is 0 Å². The summed E-state index contributed by atoms with van der Waals surface area (Å²) in [5.41, 5.74) is -17.7. The Hall–Kier alpha value is -19.2. The molecule has 698 valence electrons. The summed E-state index contributed by atoms with van der Waals surface area (Å²) in [7, 11) is 0. The lowest BCUT2D eigenvalue weighted by molar-refractivity contribution is -0.282. The van der Waals surface area contributed by atoms with E-state index in [1.807, 2.05) is 0 Å². The van der Waals surface area contributed by atoms with Crippen molar-refractivity contribution < 1.29 is 258 Å². The molecule has 0 spiro atoms. The van der Waals surface area contributed by atoms with Gasteiger partial charge in [0.2, 0.25) is 59.3 Å². The van der Waals surface area contributed by atoms with Crippen LogP contribution in [0.4, 0.5) is 0 Å². The zero-order valence-corrected chi connectivity index (χ0v) is 65.7. The first kappa shape index (κ1) is 91.0. The van der Waals surface area contributed by atoms with Crippen LogP contribution < -0.4 is 4.74 Å². The van der Waals surface area contributed by atoms with Crippen LogP contribution in [-0.2, 0) is 56.8 Å². The van der Waals surface area contributed by atoms with Crippen LogP contribution in [0, 0.1) is 0 Å². The van der Waals surface area contributed by atoms with Crippen LogP contribution in [0.25, 0.3) is 22.3 Å². The number of carbonyl (C=O) groups excluding carboxylic acids is 10. The summed E-state index contributed by atoms with van der Waals surface area (Å²) in [6.07, 6.45) is -28.5. The van der Waals surface area contributed by atoms with Crippen molar-refractivity contribution in [1.29, 1.82) is 0 Å². The number of phenolic OH excluding ortho intramolecular Hbond substituents is 29. The van der Waals surface area contributed by atoms with Crippen molar-refractivity contribution in [2.75, 3.05) is 13.2 Å². The van der Waals surface area contributed by atoms with E-state index < -0.39 is 390 Å². The molecule has 4 aliphatic heterocycles. The summed E-state index contributed by atoms with van der Waals surface area (Å²) >= 11 is 0. The van der Waals surface area contributed by atoms with Crippen LogP contribution >= 0.6 is 0 Å². The van der Waals surface area contributed by atoms with E-state index in [-0.39, 0.29) is 24.3 Å². The fourth-order valence-corrected chi connectivity index (χ4v) is 13.9. The smallest absolute Gasteiger partial charge is 0.344 e. The molecule has 0 radical (unpaired) electrons. The minimum Gasteiger partial charge on any atom is -0.504 e. The number of hydrogen-bond acceptors (Lipinski definition) is 52. The molecule has 0 aromatic heterocycles. The van der Waals surface area contributed by atoms with Gasteiger partial charge < -0.3 is 210 Å². The van der Waals surface area contributed by atoms with E-state index in [4.69, 9.17) is 61.6 Å². The molecular weight excluding hydrogens is 1820 g/mol. The lowest BCUT2D eigenvalue weighted by Gasteiger charge is -2.43. The first-order chi connectivity index (χ1) is 63.0. The van der Waals surface area contributed by atoms with Crippen LogP contribution in [0.2, 0.25) is 0 Å². The molecule has 2 fully saturated rings. The Morgan fingerprint density at radius 2 is 0.485 bits per heavy atom. The number of rotatable bonds is 14. The topological polar surface area (TPSA) is 877 Å². The van der Waals surface area contributed by atoms with Crippen molar-refractivity contribution in [3.8, 4) is 200 Å². The molecular formula is C82H58O52. The molecule has 10 atom stereocenters. The number of fused-ring (bicyclic) bond motifs is 8. The first-order valence-corrected chi connectivity index (χ1v) is 37.0. The van der Waals surface area contributed by atoms with Crippen LogP contribution in [0.1, 0.15) is 104 Å². The fourth-order valence-electron chi connectivity index (χ4n) is 13.9. The monoisotopic (exact) mass is 1870 g/mol. The highest BCUT2D eigenvalue weighted by molar-refractivity contribution is 6.11. The summed E-state index contributed by atoms with van der Waals surface area (Å²) in [6.45, 7) is -3.27. The van der Waals surface area contributed by atoms with Crippen molar-refractivity contribution in [1.82, 2.24) is 0 Å². The molecule has 0 saturated carbocycles. The Labute approximate surface area is 736 Å². The van der Waals surface area contributed by atoms with Gasteiger partial charge in [-0.05, 0) is 78.9 Å². The maximum atomic E-state index is 15.5. The Morgan fingerprint density at radius 3 is 0.791 bits per heavy atom. The van der Waals surface area contributed by atoms with Crippen molar-refractivity contribution in [3.05, 3.63) is 147 Å². The number of benzene rings is 10. The van der Waals surface area contributed by atoms with E-state index in [9.17, 15) is 177 Å². The van der Waals surface area contributed by atoms with Gasteiger partial charge in [-0.3, -0.25) is 0 Å². The van der Waals surface area contributed by atoms with E-state index in [1.165, 1.54) is 0 Å². The Bertz CT molecular complexity index is 6630. The van der Waals surface area contributed by atoms with Gasteiger partial charge in [-0.15, -0.1) is 0 Å². The van der Waals surface area contributed by atoms with Crippen molar-refractivity contribution in [2.24, 2.45) is 0 Å². The summed E-state index contributed by atoms with van der Waals surface area (Å²) in [5.74, 6) is -65.9. The quantitative estimate of drug-likeness (QED) is 0.0419. The third kappa shape index (κ3) is 16.2. The SMILES string of the molecule is O=C(O[C@@H]1O[C@H]2COC(=O)c3cc(Oc4c(C(=O)O[C@@H]5O[C@H]6COC(=O)c7cc(O)c(O)c(O)c7-c7c(cc(O)c(O)c7O)C(=O)O[C@@H]6[C@H](OC(=O)c6cc(O)c(O)c(O)c6)[C@H]5OC(=O)c5cc(O)c(O)c(O)c5)cc(O)c(O)c4O)c(O)c(O)c3-c3c(cc(O)c(O)c3O)C(=O)O[C@H]2[C@H](OC(=O)c2cc(O)c(O)c(O)c2)[C@H]1OC(=O)c1cc(O)c(O)c(O)c1)c1cc(O)c(O)c(O)c1. The lowest BCUT2D eigenvalue weighted by atomic mass is 9.91. The summed E-state index contributed by atoms with van der Waals surface area (Å²) in [4.78, 5) is 148. The van der Waals surface area contributed by atoms with E-state index in [1.54, 1.807) is 0 Å². The number of cyclic esters (lactones) is 2. The highest BCUT2D eigenvalue weighted by atomic mass is 16.8. The highest BCUT2D eigenvalue weighted by Gasteiger charge is 2.58. The van der Waals surface area contributed by atoms with Gasteiger partial charge in [0.05, 0.1) is 50.1 Å². The van der Waals surface area contributed by atoms with Gasteiger partial charge in [-0.25, -0.2) is 47.9 Å². The van der Waals surface area contributed by atoms with Crippen molar-refractivity contribution >= 4 is 59.7 Å². The van der Waals surface area contributed by atoms with E-state index >= 15 is 19.2 Å². The van der Waals surface area contributed by atoms with Gasteiger partial charge >= 0.3 is 59.7 Å². The number of hydrogen-bond donors (Lipinski definition) is 29.